The van der Waals surface area contributed by atoms with Gasteiger partial charge in [0.15, 0.2) is 11.6 Å². The molecule has 1 N–H and O–H groups in total. The summed E-state index contributed by atoms with van der Waals surface area (Å²) in [5, 5.41) is 11.5. The summed E-state index contributed by atoms with van der Waals surface area (Å²) in [5.41, 5.74) is 0.342. The molecule has 28 heavy (non-hydrogen) atoms. The van der Waals surface area contributed by atoms with Crippen LogP contribution in [0.4, 0.5) is 0 Å². The van der Waals surface area contributed by atoms with E-state index in [2.05, 4.69) is 13.8 Å². The van der Waals surface area contributed by atoms with Crippen molar-refractivity contribution < 1.29 is 24.1 Å². The molecule has 0 aromatic heterocycles. The molecule has 2 heterocycles. The number of hydrogen-bond donors (Lipinski definition) is 1. The fourth-order valence-corrected chi connectivity index (χ4v) is 8.79. The lowest BCUT2D eigenvalue weighted by Gasteiger charge is -2.66. The molecule has 4 saturated carbocycles. The minimum atomic E-state index is -0.510. The second-order valence-corrected chi connectivity index (χ2v) is 11.2. The maximum Gasteiger partial charge on any atom is 0.172 e. The quantitative estimate of drug-likeness (QED) is 0.684. The first-order valence-electron chi connectivity index (χ1n) is 11.6. The largest absolute Gasteiger partial charge is 0.393 e. The van der Waals surface area contributed by atoms with Crippen molar-refractivity contribution in [3.05, 3.63) is 0 Å². The number of hydrogen-bond acceptors (Lipinski definition) is 5. The van der Waals surface area contributed by atoms with E-state index in [1.807, 2.05) is 0 Å². The molecule has 6 fully saturated rings. The summed E-state index contributed by atoms with van der Waals surface area (Å²) in [7, 11) is 0. The summed E-state index contributed by atoms with van der Waals surface area (Å²) >= 11 is 0. The van der Waals surface area contributed by atoms with E-state index in [1.165, 1.54) is 19.3 Å². The van der Waals surface area contributed by atoms with E-state index < -0.39 is 11.6 Å². The maximum atomic E-state index is 11.5. The van der Waals surface area contributed by atoms with Gasteiger partial charge in [-0.1, -0.05) is 20.3 Å². The summed E-state index contributed by atoms with van der Waals surface area (Å²) in [6.45, 7) is 7.64. The SMILES string of the molecule is C[C@]12CCC[C@@H]1[C@@H]1[C@H]([C@@H](O)C2)[C@]2(C)CCC3(C[C@@H]2CC12OCCO2)OCCO3. The Bertz CT molecular complexity index is 639. The lowest BCUT2D eigenvalue weighted by atomic mass is 9.42. The first-order valence-corrected chi connectivity index (χ1v) is 11.6. The van der Waals surface area contributed by atoms with Crippen LogP contribution in [0.2, 0.25) is 0 Å². The standard InChI is InChI=1S/C23H36O5/c1-20-5-3-4-16(20)18-19(17(24)14-20)21(2)6-7-22(25-8-9-26-22)12-15(21)13-23(18)27-10-11-28-23/h15-19,24H,3-14H2,1-2H3/t15-,16-,17+,18-,19+,20-,21-/m1/s1. The van der Waals surface area contributed by atoms with Crippen molar-refractivity contribution in [1.82, 2.24) is 0 Å². The Morgan fingerprint density at radius 2 is 1.50 bits per heavy atom. The molecule has 158 valence electrons. The Morgan fingerprint density at radius 1 is 0.786 bits per heavy atom. The zero-order chi connectivity index (χ0) is 19.2. The molecule has 0 amide bonds. The highest BCUT2D eigenvalue weighted by Crippen LogP contribution is 2.70. The third-order valence-corrected chi connectivity index (χ3v) is 9.99. The van der Waals surface area contributed by atoms with Crippen LogP contribution < -0.4 is 0 Å². The second-order valence-electron chi connectivity index (χ2n) is 11.2. The van der Waals surface area contributed by atoms with Crippen LogP contribution in [-0.4, -0.2) is 49.2 Å². The molecule has 0 radical (unpaired) electrons. The maximum absolute atomic E-state index is 11.5. The second kappa shape index (κ2) is 5.94. The molecule has 5 heteroatoms. The smallest absolute Gasteiger partial charge is 0.172 e. The van der Waals surface area contributed by atoms with E-state index in [9.17, 15) is 5.11 Å². The lowest BCUT2D eigenvalue weighted by Crippen LogP contribution is -2.67. The number of aliphatic hydroxyl groups is 1. The summed E-state index contributed by atoms with van der Waals surface area (Å²) in [4.78, 5) is 0. The lowest BCUT2D eigenvalue weighted by molar-refractivity contribution is -0.327. The van der Waals surface area contributed by atoms with Crippen LogP contribution in [0.1, 0.15) is 65.2 Å². The van der Waals surface area contributed by atoms with E-state index in [-0.39, 0.29) is 22.9 Å². The molecule has 4 aliphatic carbocycles. The highest BCUT2D eigenvalue weighted by atomic mass is 16.7. The van der Waals surface area contributed by atoms with Gasteiger partial charge in [0.25, 0.3) is 0 Å². The van der Waals surface area contributed by atoms with E-state index >= 15 is 0 Å². The molecular weight excluding hydrogens is 356 g/mol. The normalized spacial score (nSPS) is 53.9. The van der Waals surface area contributed by atoms with E-state index in [0.717, 1.165) is 32.1 Å². The van der Waals surface area contributed by atoms with Crippen molar-refractivity contribution in [3.8, 4) is 0 Å². The minimum absolute atomic E-state index is 0.106. The summed E-state index contributed by atoms with van der Waals surface area (Å²) in [6.07, 6.45) is 8.31. The van der Waals surface area contributed by atoms with Gasteiger partial charge >= 0.3 is 0 Å². The highest BCUT2D eigenvalue weighted by Gasteiger charge is 2.70. The Morgan fingerprint density at radius 3 is 2.25 bits per heavy atom. The Kier molecular flexibility index (Phi) is 3.94. The van der Waals surface area contributed by atoms with Crippen molar-refractivity contribution in [1.29, 1.82) is 0 Å². The third kappa shape index (κ3) is 2.31. The number of fused-ring (bicyclic) bond motifs is 6. The van der Waals surface area contributed by atoms with Gasteiger partial charge in [-0.2, -0.15) is 0 Å². The number of rotatable bonds is 0. The summed E-state index contributed by atoms with van der Waals surface area (Å²) in [5.74, 6) is 0.652. The molecular formula is C23H36O5. The van der Waals surface area contributed by atoms with Crippen LogP contribution in [0, 0.1) is 34.5 Å². The van der Waals surface area contributed by atoms with Gasteiger partial charge in [-0.25, -0.2) is 0 Å². The number of aliphatic hydroxyl groups excluding tert-OH is 1. The predicted octanol–water partition coefficient (Wildman–Crippen LogP) is 3.49. The van der Waals surface area contributed by atoms with Gasteiger partial charge in [-0.3, -0.25) is 0 Å². The molecule has 6 aliphatic rings. The van der Waals surface area contributed by atoms with E-state index in [4.69, 9.17) is 18.9 Å². The summed E-state index contributed by atoms with van der Waals surface area (Å²) < 4.78 is 25.2. The predicted molar refractivity (Wildman–Crippen MR) is 102 cm³/mol. The molecule has 0 unspecified atom stereocenters. The van der Waals surface area contributed by atoms with Gasteiger partial charge in [0, 0.05) is 25.2 Å². The molecule has 0 aromatic rings. The Labute approximate surface area is 168 Å². The summed E-state index contributed by atoms with van der Waals surface area (Å²) in [6, 6.07) is 0. The fourth-order valence-electron chi connectivity index (χ4n) is 8.79. The van der Waals surface area contributed by atoms with Crippen LogP contribution in [0.5, 0.6) is 0 Å². The van der Waals surface area contributed by atoms with Crippen LogP contribution in [-0.2, 0) is 18.9 Å². The molecule has 6 rings (SSSR count). The topological polar surface area (TPSA) is 57.2 Å². The number of ether oxygens (including phenoxy) is 4. The highest BCUT2D eigenvalue weighted by molar-refractivity contribution is 5.16. The van der Waals surface area contributed by atoms with Gasteiger partial charge in [-0.15, -0.1) is 0 Å². The van der Waals surface area contributed by atoms with Crippen LogP contribution >= 0.6 is 0 Å². The van der Waals surface area contributed by atoms with Gasteiger partial charge in [-0.05, 0) is 54.3 Å². The van der Waals surface area contributed by atoms with Crippen molar-refractivity contribution in [2.45, 2.75) is 82.9 Å². The molecule has 0 bridgehead atoms. The molecule has 2 saturated heterocycles. The Balaban J connectivity index is 1.43. The van der Waals surface area contributed by atoms with Crippen LogP contribution in [0.3, 0.4) is 0 Å². The van der Waals surface area contributed by atoms with Gasteiger partial charge in [0.1, 0.15) is 0 Å². The molecule has 0 aromatic carbocycles. The first kappa shape index (κ1) is 18.6. The zero-order valence-electron chi connectivity index (χ0n) is 17.5. The Hall–Kier alpha value is -0.200. The molecule has 2 aliphatic heterocycles. The van der Waals surface area contributed by atoms with Crippen molar-refractivity contribution in [2.75, 3.05) is 26.4 Å². The zero-order valence-corrected chi connectivity index (χ0v) is 17.5. The van der Waals surface area contributed by atoms with Crippen LogP contribution in [0.15, 0.2) is 0 Å². The first-order chi connectivity index (χ1) is 13.4. The van der Waals surface area contributed by atoms with Gasteiger partial charge in [0.2, 0.25) is 0 Å². The van der Waals surface area contributed by atoms with Crippen molar-refractivity contribution in [3.63, 3.8) is 0 Å². The minimum Gasteiger partial charge on any atom is -0.393 e. The molecule has 5 nitrogen and oxygen atoms in total. The van der Waals surface area contributed by atoms with Gasteiger partial charge in [0.05, 0.1) is 32.5 Å². The van der Waals surface area contributed by atoms with Crippen LogP contribution in [0.25, 0.3) is 0 Å². The molecule has 7 atom stereocenters. The third-order valence-electron chi connectivity index (χ3n) is 9.99. The molecule has 2 spiro atoms. The average molecular weight is 393 g/mol. The van der Waals surface area contributed by atoms with E-state index in [0.29, 0.717) is 44.2 Å². The van der Waals surface area contributed by atoms with E-state index in [1.54, 1.807) is 0 Å². The fraction of sp³-hybridized carbons (Fsp3) is 1.00. The van der Waals surface area contributed by atoms with Gasteiger partial charge < -0.3 is 24.1 Å². The monoisotopic (exact) mass is 392 g/mol. The average Bonchev–Trinajstić information content (AvgIpc) is 3.37. The van der Waals surface area contributed by atoms with Crippen molar-refractivity contribution >= 4 is 0 Å². The van der Waals surface area contributed by atoms with Crippen molar-refractivity contribution in [2.24, 2.45) is 34.5 Å².